The minimum absolute atomic E-state index is 0.135. The van der Waals surface area contributed by atoms with Crippen LogP contribution in [0.5, 0.6) is 0 Å². The summed E-state index contributed by atoms with van der Waals surface area (Å²) in [6.45, 7) is 1.65. The number of hydrogen-bond acceptors (Lipinski definition) is 1. The smallest absolute Gasteiger partial charge is 0.134 e. The Morgan fingerprint density at radius 3 is 2.36 bits per heavy atom. The van der Waals surface area contributed by atoms with Gasteiger partial charge in [0.2, 0.25) is 0 Å². The van der Waals surface area contributed by atoms with Crippen molar-refractivity contribution in [3.05, 3.63) is 0 Å². The molecule has 14 heavy (non-hydrogen) atoms. The Balaban J connectivity index is 2.42. The van der Waals surface area contributed by atoms with Gasteiger partial charge in [-0.05, 0) is 38.5 Å². The van der Waals surface area contributed by atoms with Crippen molar-refractivity contribution >= 4 is 34.8 Å². The van der Waals surface area contributed by atoms with E-state index in [1.807, 2.05) is 0 Å². The van der Waals surface area contributed by atoms with Gasteiger partial charge in [-0.1, -0.05) is 0 Å². The second-order valence-corrected chi connectivity index (χ2v) is 5.86. The van der Waals surface area contributed by atoms with Gasteiger partial charge in [-0.2, -0.15) is 0 Å². The minimum Gasteiger partial charge on any atom is -0.381 e. The number of alkyl halides is 3. The first kappa shape index (κ1) is 12.9. The van der Waals surface area contributed by atoms with Crippen molar-refractivity contribution in [2.75, 3.05) is 13.2 Å². The topological polar surface area (TPSA) is 9.23 Å². The Labute approximate surface area is 101 Å². The summed E-state index contributed by atoms with van der Waals surface area (Å²) in [6.07, 6.45) is 5.72. The highest BCUT2D eigenvalue weighted by Crippen LogP contribution is 2.37. The van der Waals surface area contributed by atoms with Crippen LogP contribution in [0.4, 0.5) is 0 Å². The van der Waals surface area contributed by atoms with Gasteiger partial charge in [-0.25, -0.2) is 0 Å². The first-order valence-corrected chi connectivity index (χ1v) is 6.42. The predicted octanol–water partition coefficient (Wildman–Crippen LogP) is 4.14. The molecule has 1 heterocycles. The van der Waals surface area contributed by atoms with Crippen molar-refractivity contribution in [1.82, 2.24) is 0 Å². The average Bonchev–Trinajstić information content (AvgIpc) is 2.16. The number of hydrogen-bond donors (Lipinski definition) is 0. The lowest BCUT2D eigenvalue weighted by Gasteiger charge is -2.24. The van der Waals surface area contributed by atoms with E-state index >= 15 is 0 Å². The molecular weight excluding hydrogens is 242 g/mol. The number of ether oxygens (including phenoxy) is 1. The highest BCUT2D eigenvalue weighted by atomic mass is 35.5. The lowest BCUT2D eigenvalue weighted by Crippen LogP contribution is -2.26. The summed E-state index contributed by atoms with van der Waals surface area (Å²) < 4.78 is 4.68. The van der Waals surface area contributed by atoms with Crippen molar-refractivity contribution in [2.45, 2.75) is 48.2 Å². The molecule has 0 radical (unpaired) electrons. The molecule has 1 atom stereocenters. The van der Waals surface area contributed by atoms with Crippen LogP contribution in [0, 0.1) is 0 Å². The molecule has 84 valence electrons. The molecule has 0 saturated carbocycles. The molecule has 0 N–H and O–H groups in total. The molecular formula is C10H17Cl3O. The monoisotopic (exact) mass is 258 g/mol. The fraction of sp³-hybridized carbons (Fsp3) is 1.00. The maximum absolute atomic E-state index is 6.17. The zero-order chi connectivity index (χ0) is 10.4. The van der Waals surface area contributed by atoms with E-state index in [4.69, 9.17) is 39.5 Å². The third-order valence-electron chi connectivity index (χ3n) is 2.50. The van der Waals surface area contributed by atoms with E-state index < -0.39 is 4.33 Å². The fourth-order valence-corrected chi connectivity index (χ4v) is 2.31. The minimum atomic E-state index is -0.758. The Hall–Kier alpha value is 0.830. The molecule has 1 unspecified atom stereocenters. The van der Waals surface area contributed by atoms with Crippen LogP contribution in [-0.4, -0.2) is 22.9 Å². The first-order chi connectivity index (χ1) is 6.63. The lowest BCUT2D eigenvalue weighted by atomic mass is 10.1. The molecule has 0 aromatic rings. The Bertz CT molecular complexity index is 161. The summed E-state index contributed by atoms with van der Waals surface area (Å²) in [6, 6.07) is 0. The zero-order valence-electron chi connectivity index (χ0n) is 8.28. The van der Waals surface area contributed by atoms with Crippen molar-refractivity contribution in [1.29, 1.82) is 0 Å². The van der Waals surface area contributed by atoms with Crippen LogP contribution in [0.15, 0.2) is 0 Å². The third-order valence-corrected chi connectivity index (χ3v) is 4.22. The maximum atomic E-state index is 6.17. The second-order valence-electron chi connectivity index (χ2n) is 3.79. The third kappa shape index (κ3) is 4.57. The first-order valence-electron chi connectivity index (χ1n) is 5.22. The van der Waals surface area contributed by atoms with E-state index in [1.54, 1.807) is 0 Å². The van der Waals surface area contributed by atoms with E-state index in [0.29, 0.717) is 0 Å². The van der Waals surface area contributed by atoms with Gasteiger partial charge in [0.05, 0.1) is 5.38 Å². The van der Waals surface area contributed by atoms with Crippen molar-refractivity contribution < 1.29 is 4.74 Å². The van der Waals surface area contributed by atoms with Crippen LogP contribution < -0.4 is 0 Å². The van der Waals surface area contributed by atoms with Gasteiger partial charge >= 0.3 is 0 Å². The summed E-state index contributed by atoms with van der Waals surface area (Å²) in [4.78, 5) is 0. The second kappa shape index (κ2) is 6.42. The van der Waals surface area contributed by atoms with E-state index in [2.05, 4.69) is 0 Å². The zero-order valence-corrected chi connectivity index (χ0v) is 10.5. The van der Waals surface area contributed by atoms with Gasteiger partial charge in [0.15, 0.2) is 0 Å². The molecule has 1 aliphatic rings. The van der Waals surface area contributed by atoms with Gasteiger partial charge in [0.1, 0.15) is 4.33 Å². The summed E-state index contributed by atoms with van der Waals surface area (Å²) in [5, 5.41) is -0.135. The quantitative estimate of drug-likeness (QED) is 0.594. The van der Waals surface area contributed by atoms with Crippen molar-refractivity contribution in [3.63, 3.8) is 0 Å². The molecule has 0 aromatic carbocycles. The van der Waals surface area contributed by atoms with Gasteiger partial charge in [-0.15, -0.1) is 34.8 Å². The van der Waals surface area contributed by atoms with E-state index in [1.165, 1.54) is 0 Å². The molecule has 1 fully saturated rings. The van der Waals surface area contributed by atoms with Crippen LogP contribution in [0.3, 0.4) is 0 Å². The molecule has 1 saturated heterocycles. The average molecular weight is 260 g/mol. The van der Waals surface area contributed by atoms with Gasteiger partial charge in [-0.3, -0.25) is 0 Å². The Morgan fingerprint density at radius 2 is 1.64 bits per heavy atom. The summed E-state index contributed by atoms with van der Waals surface area (Å²) >= 11 is 18.5. The van der Waals surface area contributed by atoms with Crippen LogP contribution in [0.25, 0.3) is 0 Å². The molecule has 4 heteroatoms. The van der Waals surface area contributed by atoms with Crippen molar-refractivity contribution in [2.24, 2.45) is 0 Å². The highest BCUT2D eigenvalue weighted by Gasteiger charge is 2.32. The molecule has 1 rings (SSSR count). The van der Waals surface area contributed by atoms with Crippen LogP contribution in [0.2, 0.25) is 0 Å². The summed E-state index contributed by atoms with van der Waals surface area (Å²) in [5.41, 5.74) is 0. The lowest BCUT2D eigenvalue weighted by molar-refractivity contribution is 0.127. The van der Waals surface area contributed by atoms with E-state index in [-0.39, 0.29) is 5.38 Å². The van der Waals surface area contributed by atoms with E-state index in [9.17, 15) is 0 Å². The molecule has 0 bridgehead atoms. The van der Waals surface area contributed by atoms with Crippen molar-refractivity contribution in [3.8, 4) is 0 Å². The number of rotatable bonds is 0. The van der Waals surface area contributed by atoms with Gasteiger partial charge < -0.3 is 4.74 Å². The van der Waals surface area contributed by atoms with Gasteiger partial charge in [0.25, 0.3) is 0 Å². The molecule has 1 nitrogen and oxygen atoms in total. The molecule has 0 aromatic heterocycles. The van der Waals surface area contributed by atoms with Gasteiger partial charge in [0, 0.05) is 13.2 Å². The van der Waals surface area contributed by atoms with Crippen LogP contribution >= 0.6 is 34.8 Å². The van der Waals surface area contributed by atoms with Crippen LogP contribution in [-0.2, 0) is 4.74 Å². The fourth-order valence-electron chi connectivity index (χ4n) is 1.56. The molecule has 0 amide bonds. The Morgan fingerprint density at radius 1 is 1.00 bits per heavy atom. The normalized spacial score (nSPS) is 30.6. The molecule has 0 spiro atoms. The largest absolute Gasteiger partial charge is 0.381 e. The number of halogens is 3. The summed E-state index contributed by atoms with van der Waals surface area (Å²) in [5.74, 6) is 0. The van der Waals surface area contributed by atoms with E-state index in [0.717, 1.165) is 51.7 Å². The summed E-state index contributed by atoms with van der Waals surface area (Å²) in [7, 11) is 0. The molecule has 1 aliphatic heterocycles. The maximum Gasteiger partial charge on any atom is 0.134 e. The van der Waals surface area contributed by atoms with Crippen LogP contribution in [0.1, 0.15) is 38.5 Å². The standard InChI is InChI=1S/C10H17Cl3O/c11-9-5-1-3-7-14-8-4-2-6-10(9,12)13/h9H,1-8H2. The SMILES string of the molecule is ClC1CCCCOCCCCC1(Cl)Cl. The predicted molar refractivity (Wildman–Crippen MR) is 62.6 cm³/mol. The highest BCUT2D eigenvalue weighted by molar-refractivity contribution is 6.52. The Kier molecular flexibility index (Phi) is 5.91. The molecule has 0 aliphatic carbocycles.